The summed E-state index contributed by atoms with van der Waals surface area (Å²) < 4.78 is 12.6. The third-order valence-electron chi connectivity index (χ3n) is 4.05. The van der Waals surface area contributed by atoms with Gasteiger partial charge in [-0.1, -0.05) is 18.2 Å². The van der Waals surface area contributed by atoms with Crippen molar-refractivity contribution in [2.24, 2.45) is 0 Å². The number of amides is 1. The Morgan fingerprint density at radius 3 is 3.00 bits per heavy atom. The van der Waals surface area contributed by atoms with Crippen LogP contribution >= 0.6 is 0 Å². The van der Waals surface area contributed by atoms with Crippen molar-refractivity contribution in [3.8, 4) is 0 Å². The number of carboxylic acid groups (broad SMARTS) is 1. The van der Waals surface area contributed by atoms with E-state index in [1.165, 1.54) is 0 Å². The van der Waals surface area contributed by atoms with Gasteiger partial charge in [-0.05, 0) is 23.9 Å². The highest BCUT2D eigenvalue weighted by Crippen LogP contribution is 2.15. The van der Waals surface area contributed by atoms with Gasteiger partial charge in [-0.3, -0.25) is 4.79 Å². The molecule has 1 saturated heterocycles. The van der Waals surface area contributed by atoms with E-state index in [9.17, 15) is 9.59 Å². The predicted molar refractivity (Wildman–Crippen MR) is 86.7 cm³/mol. The predicted octanol–water partition coefficient (Wildman–Crippen LogP) is 1.02. The molecule has 0 saturated carbocycles. The summed E-state index contributed by atoms with van der Waals surface area (Å²) in [6.07, 6.45) is 2.09. The number of benzene rings is 1. The average molecular weight is 332 g/mol. The lowest BCUT2D eigenvalue weighted by molar-refractivity contribution is -0.148. The summed E-state index contributed by atoms with van der Waals surface area (Å²) in [7, 11) is 0. The number of ether oxygens (including phenoxy) is 2. The van der Waals surface area contributed by atoms with Crippen LogP contribution in [0, 0.1) is 0 Å². The minimum atomic E-state index is -1.02. The fraction of sp³-hybridized carbons (Fsp3) is 0.412. The topological polar surface area (TPSA) is 89.8 Å². The Morgan fingerprint density at radius 1 is 1.33 bits per heavy atom. The molecule has 1 fully saturated rings. The number of carbonyl (C=O) groups excluding carboxylic acids is 1. The van der Waals surface area contributed by atoms with Crippen molar-refractivity contribution in [1.82, 2.24) is 9.88 Å². The molecule has 0 spiro atoms. The summed E-state index contributed by atoms with van der Waals surface area (Å²) in [6.45, 7) is 0.635. The second-order valence-corrected chi connectivity index (χ2v) is 5.78. The molecular formula is C17H20N2O5. The van der Waals surface area contributed by atoms with E-state index in [1.54, 1.807) is 0 Å². The van der Waals surface area contributed by atoms with Crippen LogP contribution in [-0.2, 0) is 25.6 Å². The Kier molecular flexibility index (Phi) is 5.12. The van der Waals surface area contributed by atoms with Crippen LogP contribution in [0.5, 0.6) is 0 Å². The van der Waals surface area contributed by atoms with E-state index in [0.29, 0.717) is 19.6 Å². The van der Waals surface area contributed by atoms with Gasteiger partial charge in [-0.2, -0.15) is 0 Å². The molecule has 7 heteroatoms. The molecule has 128 valence electrons. The number of aromatic nitrogens is 1. The van der Waals surface area contributed by atoms with E-state index < -0.39 is 5.97 Å². The number of rotatable bonds is 6. The number of nitrogens with one attached hydrogen (secondary N) is 1. The normalized spacial score (nSPS) is 20.8. The summed E-state index contributed by atoms with van der Waals surface area (Å²) in [6, 6.07) is 9.47. The van der Waals surface area contributed by atoms with Gasteiger partial charge < -0.3 is 24.5 Å². The molecule has 0 radical (unpaired) electrons. The lowest BCUT2D eigenvalue weighted by atomic mass is 10.1. The molecule has 1 aromatic heterocycles. The lowest BCUT2D eigenvalue weighted by Gasteiger charge is -2.31. The third-order valence-corrected chi connectivity index (χ3v) is 4.05. The van der Waals surface area contributed by atoms with Crippen molar-refractivity contribution < 1.29 is 24.2 Å². The standard InChI is InChI=1S/C17H20N2O5/c20-16(9-19-7-5-12-3-1-2-4-14(12)19)18-13-10-23-8-6-15(13)24-11-17(21)22/h1-5,7,13,15H,6,8-11H2,(H,18,20)(H,21,22)/t13-,15+/m1/s1. The maximum absolute atomic E-state index is 12.3. The first-order valence-corrected chi connectivity index (χ1v) is 7.88. The number of fused-ring (bicyclic) bond motifs is 1. The minimum Gasteiger partial charge on any atom is -0.480 e. The molecule has 2 atom stereocenters. The van der Waals surface area contributed by atoms with E-state index in [0.717, 1.165) is 10.9 Å². The Bertz CT molecular complexity index is 727. The highest BCUT2D eigenvalue weighted by Gasteiger charge is 2.28. The van der Waals surface area contributed by atoms with Gasteiger partial charge in [-0.25, -0.2) is 4.79 Å². The van der Waals surface area contributed by atoms with E-state index in [2.05, 4.69) is 5.32 Å². The quantitative estimate of drug-likeness (QED) is 0.824. The molecule has 2 aromatic rings. The van der Waals surface area contributed by atoms with Gasteiger partial charge in [-0.15, -0.1) is 0 Å². The monoisotopic (exact) mass is 332 g/mol. The molecular weight excluding hydrogens is 312 g/mol. The zero-order valence-corrected chi connectivity index (χ0v) is 13.2. The van der Waals surface area contributed by atoms with E-state index >= 15 is 0 Å². The van der Waals surface area contributed by atoms with Gasteiger partial charge in [0.05, 0.1) is 18.8 Å². The summed E-state index contributed by atoms with van der Waals surface area (Å²) in [5.74, 6) is -1.18. The first-order valence-electron chi connectivity index (χ1n) is 7.88. The minimum absolute atomic E-state index is 0.157. The van der Waals surface area contributed by atoms with E-state index in [1.807, 2.05) is 41.1 Å². The Hall–Kier alpha value is -2.38. The molecule has 24 heavy (non-hydrogen) atoms. The van der Waals surface area contributed by atoms with E-state index in [-0.39, 0.29) is 31.2 Å². The number of nitrogens with zero attached hydrogens (tertiary/aromatic N) is 1. The first kappa shape index (κ1) is 16.5. The molecule has 1 aliphatic heterocycles. The number of hydrogen-bond donors (Lipinski definition) is 2. The Balaban J connectivity index is 1.61. The van der Waals surface area contributed by atoms with Crippen LogP contribution in [0.4, 0.5) is 0 Å². The molecule has 1 aliphatic rings. The zero-order chi connectivity index (χ0) is 16.9. The molecule has 0 aliphatic carbocycles. The number of hydrogen-bond acceptors (Lipinski definition) is 4. The van der Waals surface area contributed by atoms with Gasteiger partial charge in [0.15, 0.2) is 0 Å². The van der Waals surface area contributed by atoms with Crippen molar-refractivity contribution in [3.63, 3.8) is 0 Å². The van der Waals surface area contributed by atoms with Crippen molar-refractivity contribution in [3.05, 3.63) is 36.5 Å². The van der Waals surface area contributed by atoms with Crippen molar-refractivity contribution in [2.75, 3.05) is 19.8 Å². The van der Waals surface area contributed by atoms with Crippen LogP contribution in [0.25, 0.3) is 10.9 Å². The number of carbonyl (C=O) groups is 2. The molecule has 3 rings (SSSR count). The largest absolute Gasteiger partial charge is 0.480 e. The average Bonchev–Trinajstić information content (AvgIpc) is 2.97. The molecule has 1 aromatic carbocycles. The maximum atomic E-state index is 12.3. The summed E-state index contributed by atoms with van der Waals surface area (Å²) in [4.78, 5) is 23.0. The molecule has 1 amide bonds. The van der Waals surface area contributed by atoms with Gasteiger partial charge in [0, 0.05) is 18.3 Å². The van der Waals surface area contributed by atoms with Gasteiger partial charge in [0.1, 0.15) is 13.2 Å². The molecule has 0 bridgehead atoms. The third kappa shape index (κ3) is 3.93. The van der Waals surface area contributed by atoms with Crippen LogP contribution in [0.2, 0.25) is 0 Å². The first-order chi connectivity index (χ1) is 11.6. The molecule has 0 unspecified atom stereocenters. The Labute approximate surface area is 139 Å². The van der Waals surface area contributed by atoms with Gasteiger partial charge >= 0.3 is 5.97 Å². The van der Waals surface area contributed by atoms with Crippen LogP contribution < -0.4 is 5.32 Å². The summed E-state index contributed by atoms with van der Waals surface area (Å²) in [5.41, 5.74) is 0.992. The van der Waals surface area contributed by atoms with Gasteiger partial charge in [0.25, 0.3) is 0 Å². The second kappa shape index (κ2) is 7.46. The number of aliphatic carboxylic acids is 1. The maximum Gasteiger partial charge on any atom is 0.329 e. The summed E-state index contributed by atoms with van der Waals surface area (Å²) in [5, 5.41) is 12.7. The van der Waals surface area contributed by atoms with Crippen LogP contribution in [0.1, 0.15) is 6.42 Å². The second-order valence-electron chi connectivity index (χ2n) is 5.78. The van der Waals surface area contributed by atoms with Crippen LogP contribution in [0.15, 0.2) is 36.5 Å². The van der Waals surface area contributed by atoms with Crippen molar-refractivity contribution in [2.45, 2.75) is 25.1 Å². The molecule has 2 N–H and O–H groups in total. The summed E-state index contributed by atoms with van der Waals surface area (Å²) >= 11 is 0. The zero-order valence-electron chi connectivity index (χ0n) is 13.2. The number of carboxylic acids is 1. The van der Waals surface area contributed by atoms with Gasteiger partial charge in [0.2, 0.25) is 5.91 Å². The molecule has 7 nitrogen and oxygen atoms in total. The highest BCUT2D eigenvalue weighted by molar-refractivity contribution is 5.83. The lowest BCUT2D eigenvalue weighted by Crippen LogP contribution is -2.51. The SMILES string of the molecule is O=C(O)CO[C@H]1CCOC[C@H]1NC(=O)Cn1ccc2ccccc21. The van der Waals surface area contributed by atoms with Crippen molar-refractivity contribution in [1.29, 1.82) is 0 Å². The van der Waals surface area contributed by atoms with Crippen LogP contribution in [-0.4, -0.2) is 53.5 Å². The smallest absolute Gasteiger partial charge is 0.329 e. The van der Waals surface area contributed by atoms with E-state index in [4.69, 9.17) is 14.6 Å². The highest BCUT2D eigenvalue weighted by atomic mass is 16.5. The number of para-hydroxylation sites is 1. The van der Waals surface area contributed by atoms with Crippen molar-refractivity contribution >= 4 is 22.8 Å². The van der Waals surface area contributed by atoms with Crippen LogP contribution in [0.3, 0.4) is 0 Å². The Morgan fingerprint density at radius 2 is 2.17 bits per heavy atom. The fourth-order valence-electron chi connectivity index (χ4n) is 2.92. The molecule has 2 heterocycles. The fourth-order valence-corrected chi connectivity index (χ4v) is 2.92.